The summed E-state index contributed by atoms with van der Waals surface area (Å²) >= 11 is 0. The van der Waals surface area contributed by atoms with Crippen molar-refractivity contribution >= 4 is 29.9 Å². The molecule has 1 aliphatic heterocycles. The topological polar surface area (TPSA) is 80.9 Å². The SMILES string of the molecule is CN=C(NCc1nc(C)c(C)o1)NCc1cc2c(cc1OC)CC(C)O2.I. The van der Waals surface area contributed by atoms with E-state index in [-0.39, 0.29) is 30.1 Å². The molecule has 0 spiro atoms. The lowest BCUT2D eigenvalue weighted by atomic mass is 10.1. The van der Waals surface area contributed by atoms with Crippen molar-refractivity contribution in [2.75, 3.05) is 14.2 Å². The molecule has 0 saturated heterocycles. The Morgan fingerprint density at radius 3 is 2.67 bits per heavy atom. The first-order valence-corrected chi connectivity index (χ1v) is 8.74. The van der Waals surface area contributed by atoms with Crippen molar-refractivity contribution in [3.8, 4) is 11.5 Å². The van der Waals surface area contributed by atoms with Crippen molar-refractivity contribution in [3.63, 3.8) is 0 Å². The largest absolute Gasteiger partial charge is 0.496 e. The molecule has 0 fully saturated rings. The molecule has 2 N–H and O–H groups in total. The standard InChI is InChI=1S/C19H26N4O3.HI/c1-11-6-14-7-16(24-5)15(8-17(14)25-11)9-21-19(20-4)22-10-18-23-12(2)13(3)26-18;/h7-8,11H,6,9-10H2,1-5H3,(H2,20,21,22);1H. The van der Waals surface area contributed by atoms with Crippen molar-refractivity contribution in [2.24, 2.45) is 4.99 Å². The van der Waals surface area contributed by atoms with Gasteiger partial charge in [0.05, 0.1) is 19.3 Å². The highest BCUT2D eigenvalue weighted by Crippen LogP contribution is 2.34. The van der Waals surface area contributed by atoms with Gasteiger partial charge in [-0.2, -0.15) is 0 Å². The Morgan fingerprint density at radius 2 is 2.04 bits per heavy atom. The number of methoxy groups -OCH3 is 1. The number of aromatic nitrogens is 1. The number of aliphatic imine (C=N–C) groups is 1. The Bertz CT molecular complexity index is 800. The molecule has 1 atom stereocenters. The van der Waals surface area contributed by atoms with Gasteiger partial charge in [-0.25, -0.2) is 4.98 Å². The molecule has 3 rings (SSSR count). The van der Waals surface area contributed by atoms with E-state index in [0.29, 0.717) is 24.9 Å². The van der Waals surface area contributed by atoms with Gasteiger partial charge in [-0.1, -0.05) is 0 Å². The number of oxazole rings is 1. The number of fused-ring (bicyclic) bond motifs is 1. The Kier molecular flexibility index (Phi) is 7.34. The fourth-order valence-corrected chi connectivity index (χ4v) is 2.98. The summed E-state index contributed by atoms with van der Waals surface area (Å²) in [6, 6.07) is 4.10. The van der Waals surface area contributed by atoms with Crippen molar-refractivity contribution < 1.29 is 13.9 Å². The summed E-state index contributed by atoms with van der Waals surface area (Å²) in [6.07, 6.45) is 1.12. The van der Waals surface area contributed by atoms with Crippen LogP contribution in [0.15, 0.2) is 21.5 Å². The molecule has 7 nitrogen and oxygen atoms in total. The average Bonchev–Trinajstić information content (AvgIpc) is 3.14. The second kappa shape index (κ2) is 9.29. The molecular weight excluding hydrogens is 459 g/mol. The highest BCUT2D eigenvalue weighted by Gasteiger charge is 2.21. The number of hydrogen-bond donors (Lipinski definition) is 2. The number of halogens is 1. The monoisotopic (exact) mass is 486 g/mol. The Balaban J connectivity index is 0.00000261. The summed E-state index contributed by atoms with van der Waals surface area (Å²) < 4.78 is 17.0. The van der Waals surface area contributed by atoms with Crippen LogP contribution in [0.1, 0.15) is 35.4 Å². The highest BCUT2D eigenvalue weighted by atomic mass is 127. The van der Waals surface area contributed by atoms with E-state index in [2.05, 4.69) is 33.6 Å². The van der Waals surface area contributed by atoms with Crippen LogP contribution in [0, 0.1) is 13.8 Å². The number of rotatable bonds is 5. The van der Waals surface area contributed by atoms with Crippen LogP contribution < -0.4 is 20.1 Å². The fourth-order valence-electron chi connectivity index (χ4n) is 2.98. The third kappa shape index (κ3) is 5.06. The number of benzene rings is 1. The van der Waals surface area contributed by atoms with Gasteiger partial charge in [0.15, 0.2) is 5.96 Å². The smallest absolute Gasteiger partial charge is 0.214 e. The van der Waals surface area contributed by atoms with Crippen molar-refractivity contribution in [3.05, 3.63) is 40.6 Å². The average molecular weight is 486 g/mol. The van der Waals surface area contributed by atoms with Gasteiger partial charge in [0.2, 0.25) is 5.89 Å². The van der Waals surface area contributed by atoms with Gasteiger partial charge in [0, 0.05) is 31.1 Å². The first kappa shape index (κ1) is 21.3. The van der Waals surface area contributed by atoms with E-state index in [9.17, 15) is 0 Å². The zero-order chi connectivity index (χ0) is 18.7. The van der Waals surface area contributed by atoms with E-state index in [4.69, 9.17) is 13.9 Å². The predicted octanol–water partition coefficient (Wildman–Crippen LogP) is 3.11. The molecule has 1 aromatic carbocycles. The zero-order valence-corrected chi connectivity index (χ0v) is 18.7. The van der Waals surface area contributed by atoms with Gasteiger partial charge in [0.1, 0.15) is 23.4 Å². The van der Waals surface area contributed by atoms with Gasteiger partial charge in [-0.15, -0.1) is 24.0 Å². The molecule has 1 unspecified atom stereocenters. The van der Waals surface area contributed by atoms with E-state index < -0.39 is 0 Å². The van der Waals surface area contributed by atoms with E-state index >= 15 is 0 Å². The van der Waals surface area contributed by atoms with Crippen LogP contribution in [0.4, 0.5) is 0 Å². The number of aryl methyl sites for hydroxylation is 2. The van der Waals surface area contributed by atoms with E-state index in [0.717, 1.165) is 34.9 Å². The summed E-state index contributed by atoms with van der Waals surface area (Å²) in [4.78, 5) is 8.60. The quantitative estimate of drug-likeness (QED) is 0.384. The summed E-state index contributed by atoms with van der Waals surface area (Å²) in [6.45, 7) is 6.94. The third-order valence-electron chi connectivity index (χ3n) is 4.45. The van der Waals surface area contributed by atoms with Crippen LogP contribution in [0.5, 0.6) is 11.5 Å². The number of guanidine groups is 1. The maximum atomic E-state index is 5.85. The summed E-state index contributed by atoms with van der Waals surface area (Å²) in [5, 5.41) is 6.49. The molecule has 2 aromatic rings. The maximum Gasteiger partial charge on any atom is 0.214 e. The van der Waals surface area contributed by atoms with Crippen molar-refractivity contribution in [2.45, 2.75) is 46.4 Å². The van der Waals surface area contributed by atoms with Crippen LogP contribution in [0.25, 0.3) is 0 Å². The minimum absolute atomic E-state index is 0. The maximum absolute atomic E-state index is 5.85. The lowest BCUT2D eigenvalue weighted by Crippen LogP contribution is -2.36. The first-order chi connectivity index (χ1) is 12.5. The summed E-state index contributed by atoms with van der Waals surface area (Å²) in [5.74, 6) is 3.92. The molecule has 0 aliphatic carbocycles. The van der Waals surface area contributed by atoms with Gasteiger partial charge >= 0.3 is 0 Å². The lowest BCUT2D eigenvalue weighted by molar-refractivity contribution is 0.254. The normalized spacial score (nSPS) is 15.6. The molecule has 0 saturated carbocycles. The van der Waals surface area contributed by atoms with Crippen LogP contribution in [-0.4, -0.2) is 31.2 Å². The van der Waals surface area contributed by atoms with E-state index in [1.165, 1.54) is 5.56 Å². The minimum atomic E-state index is 0. The van der Waals surface area contributed by atoms with Gasteiger partial charge in [-0.3, -0.25) is 4.99 Å². The molecule has 27 heavy (non-hydrogen) atoms. The number of nitrogens with one attached hydrogen (secondary N) is 2. The Morgan fingerprint density at radius 1 is 1.30 bits per heavy atom. The van der Waals surface area contributed by atoms with Crippen LogP contribution in [0.3, 0.4) is 0 Å². The minimum Gasteiger partial charge on any atom is -0.496 e. The summed E-state index contributed by atoms with van der Waals surface area (Å²) in [5.41, 5.74) is 3.11. The fraction of sp³-hybridized carbons (Fsp3) is 0.474. The molecule has 0 radical (unpaired) electrons. The first-order valence-electron chi connectivity index (χ1n) is 8.74. The number of hydrogen-bond acceptors (Lipinski definition) is 5. The molecule has 1 aromatic heterocycles. The van der Waals surface area contributed by atoms with Crippen molar-refractivity contribution in [1.29, 1.82) is 0 Å². The van der Waals surface area contributed by atoms with Crippen LogP contribution >= 0.6 is 24.0 Å². The second-order valence-corrected chi connectivity index (χ2v) is 6.43. The number of ether oxygens (including phenoxy) is 2. The predicted molar refractivity (Wildman–Crippen MR) is 115 cm³/mol. The third-order valence-corrected chi connectivity index (χ3v) is 4.45. The molecule has 0 bridgehead atoms. The molecule has 1 aliphatic rings. The van der Waals surface area contributed by atoms with E-state index in [1.807, 2.05) is 19.9 Å². The second-order valence-electron chi connectivity index (χ2n) is 6.43. The van der Waals surface area contributed by atoms with Crippen LogP contribution in [-0.2, 0) is 19.5 Å². The van der Waals surface area contributed by atoms with Crippen molar-refractivity contribution in [1.82, 2.24) is 15.6 Å². The Labute approximate surface area is 177 Å². The molecule has 2 heterocycles. The molecule has 8 heteroatoms. The summed E-state index contributed by atoms with van der Waals surface area (Å²) in [7, 11) is 3.41. The van der Waals surface area contributed by atoms with Gasteiger partial charge in [0.25, 0.3) is 0 Å². The van der Waals surface area contributed by atoms with Crippen LogP contribution in [0.2, 0.25) is 0 Å². The zero-order valence-electron chi connectivity index (χ0n) is 16.4. The molecule has 148 valence electrons. The van der Waals surface area contributed by atoms with Gasteiger partial charge < -0.3 is 24.5 Å². The molecule has 0 amide bonds. The Hall–Kier alpha value is -1.97. The molecular formula is C19H27IN4O3. The highest BCUT2D eigenvalue weighted by molar-refractivity contribution is 14.0. The number of nitrogens with zero attached hydrogens (tertiary/aromatic N) is 2. The lowest BCUT2D eigenvalue weighted by Gasteiger charge is -2.14. The van der Waals surface area contributed by atoms with E-state index in [1.54, 1.807) is 14.2 Å². The van der Waals surface area contributed by atoms with Gasteiger partial charge in [-0.05, 0) is 32.9 Å².